The Morgan fingerprint density at radius 3 is 2.43 bits per heavy atom. The minimum atomic E-state index is -3.62. The summed E-state index contributed by atoms with van der Waals surface area (Å²) >= 11 is 6.16. The number of allylic oxidation sites excluding steroid dienone is 2. The van der Waals surface area contributed by atoms with Crippen LogP contribution >= 0.6 is 11.6 Å². The van der Waals surface area contributed by atoms with E-state index in [1.807, 2.05) is 43.0 Å². The van der Waals surface area contributed by atoms with Gasteiger partial charge in [-0.25, -0.2) is 13.4 Å². The number of sulfonamides is 1. The quantitative estimate of drug-likeness (QED) is 0.527. The summed E-state index contributed by atoms with van der Waals surface area (Å²) < 4.78 is 27.5. The maximum Gasteiger partial charge on any atom is 0.279 e. The normalized spacial score (nSPS) is 16.5. The summed E-state index contributed by atoms with van der Waals surface area (Å²) in [5, 5.41) is 0.587. The van der Waals surface area contributed by atoms with E-state index in [4.69, 9.17) is 11.6 Å². The summed E-state index contributed by atoms with van der Waals surface area (Å²) in [6, 6.07) is 13.6. The van der Waals surface area contributed by atoms with Crippen LogP contribution in [0.25, 0.3) is 0 Å². The van der Waals surface area contributed by atoms with Crippen LogP contribution in [0.2, 0.25) is 0 Å². The van der Waals surface area contributed by atoms with Gasteiger partial charge in [0.2, 0.25) is 10.0 Å². The topological polar surface area (TPSA) is 82.4 Å². The molecule has 0 fully saturated rings. The van der Waals surface area contributed by atoms with Crippen molar-refractivity contribution in [2.75, 3.05) is 13.1 Å². The Bertz CT molecular complexity index is 1340. The van der Waals surface area contributed by atoms with Crippen LogP contribution in [-0.4, -0.2) is 48.3 Å². The predicted molar refractivity (Wildman–Crippen MR) is 139 cm³/mol. The van der Waals surface area contributed by atoms with E-state index in [1.54, 1.807) is 18.4 Å². The summed E-state index contributed by atoms with van der Waals surface area (Å²) in [7, 11) is -3.62. The van der Waals surface area contributed by atoms with E-state index >= 15 is 0 Å². The van der Waals surface area contributed by atoms with Gasteiger partial charge in [0.1, 0.15) is 5.84 Å². The van der Waals surface area contributed by atoms with Crippen molar-refractivity contribution in [3.8, 4) is 0 Å². The number of hydrogen-bond donors (Lipinski definition) is 0. The van der Waals surface area contributed by atoms with Crippen LogP contribution in [0, 0.1) is 0 Å². The van der Waals surface area contributed by atoms with Gasteiger partial charge in [0.05, 0.1) is 9.93 Å². The number of nitrogens with zero attached hydrogens (tertiary/aromatic N) is 4. The summed E-state index contributed by atoms with van der Waals surface area (Å²) in [4.78, 5) is 24.1. The van der Waals surface area contributed by atoms with E-state index in [2.05, 4.69) is 9.98 Å². The Labute approximate surface area is 211 Å². The number of hydrogen-bond acceptors (Lipinski definition) is 4. The molecule has 0 atom stereocenters. The average Bonchev–Trinajstić information content (AvgIpc) is 3.00. The molecule has 0 aromatic heterocycles. The molecule has 2 aromatic carbocycles. The number of rotatable bonds is 7. The van der Waals surface area contributed by atoms with Gasteiger partial charge in [-0.3, -0.25) is 4.79 Å². The standard InChI is InChI=1S/C26H27ClN4O3S/c1-3-15-31(16-4-2)35(33,34)22-12-9-19(10-13-22)26(32)29-25-23-8-6-5-7-20(23)17-30-18-21(27)11-14-24(30)28-25/h5-14,18H,3-4,15-17H2,1-2H3. The second-order valence-electron chi connectivity index (χ2n) is 8.27. The summed E-state index contributed by atoms with van der Waals surface area (Å²) in [6.07, 6.45) is 6.78. The first-order valence-corrected chi connectivity index (χ1v) is 13.4. The van der Waals surface area contributed by atoms with E-state index in [0.29, 0.717) is 36.3 Å². The van der Waals surface area contributed by atoms with E-state index in [1.165, 1.54) is 28.6 Å². The highest BCUT2D eigenvalue weighted by atomic mass is 35.5. The minimum absolute atomic E-state index is 0.162. The summed E-state index contributed by atoms with van der Waals surface area (Å²) in [5.74, 6) is 0.433. The fourth-order valence-electron chi connectivity index (χ4n) is 3.98. The fourth-order valence-corrected chi connectivity index (χ4v) is 5.78. The molecule has 2 aliphatic heterocycles. The van der Waals surface area contributed by atoms with Crippen molar-refractivity contribution in [1.29, 1.82) is 0 Å². The van der Waals surface area contributed by atoms with Crippen LogP contribution in [0.15, 0.2) is 86.8 Å². The van der Waals surface area contributed by atoms with Crippen LogP contribution in [0.1, 0.15) is 48.2 Å². The van der Waals surface area contributed by atoms with E-state index in [-0.39, 0.29) is 10.5 Å². The lowest BCUT2D eigenvalue weighted by atomic mass is 10.1. The lowest BCUT2D eigenvalue weighted by molar-refractivity contribution is 0.100. The lowest BCUT2D eigenvalue weighted by Crippen LogP contribution is -2.32. The highest BCUT2D eigenvalue weighted by Crippen LogP contribution is 2.24. The molecule has 0 aliphatic carbocycles. The number of carbonyl (C=O) groups excluding carboxylic acids is 1. The second-order valence-corrected chi connectivity index (χ2v) is 10.6. The maximum atomic E-state index is 13.1. The van der Waals surface area contributed by atoms with Gasteiger partial charge < -0.3 is 4.90 Å². The molecule has 7 nitrogen and oxygen atoms in total. The molecule has 0 bridgehead atoms. The predicted octanol–water partition coefficient (Wildman–Crippen LogP) is 4.95. The Balaban J connectivity index is 1.66. The van der Waals surface area contributed by atoms with Gasteiger partial charge in [-0.05, 0) is 54.8 Å². The molecule has 0 unspecified atom stereocenters. The second kappa shape index (κ2) is 10.7. The van der Waals surface area contributed by atoms with Crippen LogP contribution in [0.5, 0.6) is 0 Å². The Hall–Kier alpha value is -3.07. The number of halogens is 1. The van der Waals surface area contributed by atoms with Gasteiger partial charge in [0.25, 0.3) is 5.91 Å². The maximum absolute atomic E-state index is 13.1. The summed E-state index contributed by atoms with van der Waals surface area (Å²) in [6.45, 7) is 5.34. The lowest BCUT2D eigenvalue weighted by Gasteiger charge is -2.21. The molecule has 1 amide bonds. The molecule has 0 radical (unpaired) electrons. The highest BCUT2D eigenvalue weighted by molar-refractivity contribution is 7.89. The number of benzene rings is 2. The van der Waals surface area contributed by atoms with E-state index in [9.17, 15) is 13.2 Å². The van der Waals surface area contributed by atoms with Gasteiger partial charge in [-0.15, -0.1) is 0 Å². The van der Waals surface area contributed by atoms with Gasteiger partial charge in [-0.1, -0.05) is 49.7 Å². The Morgan fingerprint density at radius 2 is 1.74 bits per heavy atom. The zero-order chi connectivity index (χ0) is 25.0. The van der Waals surface area contributed by atoms with Gasteiger partial charge in [0, 0.05) is 37.0 Å². The molecule has 0 saturated heterocycles. The van der Waals surface area contributed by atoms with Crippen molar-refractivity contribution in [2.45, 2.75) is 38.1 Å². The third-order valence-corrected chi connectivity index (χ3v) is 7.81. The van der Waals surface area contributed by atoms with Crippen molar-refractivity contribution in [2.24, 2.45) is 9.98 Å². The van der Waals surface area contributed by atoms with Crippen molar-refractivity contribution in [1.82, 2.24) is 9.21 Å². The number of amidine groups is 2. The van der Waals surface area contributed by atoms with Crippen molar-refractivity contribution >= 4 is 39.2 Å². The molecule has 0 N–H and O–H groups in total. The molecule has 2 heterocycles. The largest absolute Gasteiger partial charge is 0.327 e. The molecular weight excluding hydrogens is 484 g/mol. The van der Waals surface area contributed by atoms with Gasteiger partial charge >= 0.3 is 0 Å². The molecule has 2 aromatic rings. The molecule has 0 spiro atoms. The Morgan fingerprint density at radius 1 is 1.06 bits per heavy atom. The van der Waals surface area contributed by atoms with Crippen LogP contribution in [0.3, 0.4) is 0 Å². The van der Waals surface area contributed by atoms with Crippen LogP contribution in [0.4, 0.5) is 0 Å². The molecule has 9 heteroatoms. The van der Waals surface area contributed by atoms with Crippen LogP contribution < -0.4 is 0 Å². The molecule has 4 rings (SSSR count). The Kier molecular flexibility index (Phi) is 7.64. The molecular formula is C26H27ClN4O3S. The molecule has 0 saturated carbocycles. The molecule has 2 aliphatic rings. The van der Waals surface area contributed by atoms with E-state index in [0.717, 1.165) is 24.0 Å². The number of aliphatic imine (C=N–C) groups is 2. The zero-order valence-electron chi connectivity index (χ0n) is 19.7. The smallest absolute Gasteiger partial charge is 0.279 e. The minimum Gasteiger partial charge on any atom is -0.327 e. The summed E-state index contributed by atoms with van der Waals surface area (Å²) in [5.41, 5.74) is 2.01. The molecule has 35 heavy (non-hydrogen) atoms. The van der Waals surface area contributed by atoms with Gasteiger partial charge in [-0.2, -0.15) is 9.30 Å². The average molecular weight is 511 g/mol. The van der Waals surface area contributed by atoms with E-state index < -0.39 is 15.9 Å². The van der Waals surface area contributed by atoms with Crippen molar-refractivity contribution < 1.29 is 13.2 Å². The number of amides is 1. The first-order valence-electron chi connectivity index (χ1n) is 11.6. The third kappa shape index (κ3) is 5.45. The monoisotopic (exact) mass is 510 g/mol. The zero-order valence-corrected chi connectivity index (χ0v) is 21.3. The van der Waals surface area contributed by atoms with Crippen molar-refractivity contribution in [3.63, 3.8) is 0 Å². The SMILES string of the molecule is CCCN(CCC)S(=O)(=O)c1ccc(C(=O)N=C2N=C3C=CC(Cl)=CN3Cc3ccccc32)cc1. The first kappa shape index (κ1) is 25.0. The molecule has 182 valence electrons. The van der Waals surface area contributed by atoms with Crippen LogP contribution in [-0.2, 0) is 16.6 Å². The van der Waals surface area contributed by atoms with Gasteiger partial charge in [0.15, 0.2) is 5.84 Å². The fraction of sp³-hybridized carbons (Fsp3) is 0.269. The van der Waals surface area contributed by atoms with Crippen molar-refractivity contribution in [3.05, 3.63) is 88.6 Å². The highest BCUT2D eigenvalue weighted by Gasteiger charge is 2.24. The third-order valence-electron chi connectivity index (χ3n) is 5.68. The number of fused-ring (bicyclic) bond motifs is 2. The number of carbonyl (C=O) groups is 1. The first-order chi connectivity index (χ1) is 16.8.